The van der Waals surface area contributed by atoms with Crippen molar-refractivity contribution in [1.82, 2.24) is 4.98 Å². The van der Waals surface area contributed by atoms with Crippen molar-refractivity contribution in [2.45, 2.75) is 13.5 Å². The van der Waals surface area contributed by atoms with Crippen molar-refractivity contribution in [1.29, 1.82) is 0 Å². The average Bonchev–Trinajstić information content (AvgIpc) is 2.41. The van der Waals surface area contributed by atoms with Crippen molar-refractivity contribution >= 4 is 28.7 Å². The fraction of sp³-hybridized carbons (Fsp3) is 0.200. The van der Waals surface area contributed by atoms with Gasteiger partial charge in [-0.3, -0.25) is 0 Å². The van der Waals surface area contributed by atoms with Crippen molar-refractivity contribution in [2.24, 2.45) is 5.73 Å². The number of aromatic nitrogens is 1. The molecule has 0 aliphatic carbocycles. The Morgan fingerprint density at radius 2 is 2.10 bits per heavy atom. The molecule has 1 aromatic heterocycles. The van der Waals surface area contributed by atoms with Gasteiger partial charge in [-0.15, -0.1) is 0 Å². The summed E-state index contributed by atoms with van der Waals surface area (Å²) < 4.78 is 5.20. The molecule has 5 heteroatoms. The molecule has 0 aliphatic rings. The van der Waals surface area contributed by atoms with Crippen LogP contribution >= 0.6 is 12.2 Å². The van der Waals surface area contributed by atoms with Gasteiger partial charge in [-0.1, -0.05) is 30.4 Å². The molecule has 0 spiro atoms. The first-order valence-electron chi connectivity index (χ1n) is 6.22. The minimum absolute atomic E-state index is 0.335. The number of aryl methyl sites for hydroxylation is 1. The Kier molecular flexibility index (Phi) is 4.65. The van der Waals surface area contributed by atoms with Crippen LogP contribution in [0.3, 0.4) is 0 Å². The van der Waals surface area contributed by atoms with Crippen LogP contribution in [0.1, 0.15) is 16.7 Å². The van der Waals surface area contributed by atoms with Crippen LogP contribution in [0.2, 0.25) is 0 Å². The normalized spacial score (nSPS) is 10.3. The summed E-state index contributed by atoms with van der Waals surface area (Å²) >= 11 is 5.11. The van der Waals surface area contributed by atoms with E-state index in [4.69, 9.17) is 22.7 Å². The van der Waals surface area contributed by atoms with Crippen LogP contribution in [0.5, 0.6) is 0 Å². The Morgan fingerprint density at radius 1 is 1.35 bits per heavy atom. The second kappa shape index (κ2) is 6.45. The molecule has 3 N–H and O–H groups in total. The van der Waals surface area contributed by atoms with E-state index in [0.717, 1.165) is 22.4 Å². The number of ether oxygens (including phenoxy) is 1. The van der Waals surface area contributed by atoms with Crippen LogP contribution in [0.25, 0.3) is 0 Å². The third kappa shape index (κ3) is 3.12. The Morgan fingerprint density at radius 3 is 2.80 bits per heavy atom. The van der Waals surface area contributed by atoms with Crippen molar-refractivity contribution < 1.29 is 4.74 Å². The number of rotatable bonds is 5. The predicted octanol–water partition coefficient (Wildman–Crippen LogP) is 2.91. The minimum Gasteiger partial charge on any atom is -0.389 e. The summed E-state index contributed by atoms with van der Waals surface area (Å²) in [5, 5.41) is 3.29. The summed E-state index contributed by atoms with van der Waals surface area (Å²) in [4.78, 5) is 4.67. The number of nitrogens with one attached hydrogen (secondary N) is 1. The van der Waals surface area contributed by atoms with E-state index in [1.54, 1.807) is 13.3 Å². The molecule has 0 saturated carbocycles. The zero-order valence-corrected chi connectivity index (χ0v) is 12.3. The average molecular weight is 287 g/mol. The van der Waals surface area contributed by atoms with Crippen LogP contribution in [0.15, 0.2) is 36.5 Å². The van der Waals surface area contributed by atoms with Gasteiger partial charge in [0.15, 0.2) is 0 Å². The van der Waals surface area contributed by atoms with Crippen molar-refractivity contribution in [3.63, 3.8) is 0 Å². The summed E-state index contributed by atoms with van der Waals surface area (Å²) in [6.45, 7) is 2.49. The Hall–Kier alpha value is -1.98. The Bertz CT molecular complexity index is 628. The molecule has 0 saturated heterocycles. The third-order valence-corrected chi connectivity index (χ3v) is 3.18. The lowest BCUT2D eigenvalue weighted by molar-refractivity contribution is 0.185. The van der Waals surface area contributed by atoms with E-state index in [1.165, 1.54) is 0 Å². The number of thiocarbonyl (C=S) groups is 1. The van der Waals surface area contributed by atoms with E-state index in [1.807, 2.05) is 37.3 Å². The minimum atomic E-state index is 0.335. The highest BCUT2D eigenvalue weighted by molar-refractivity contribution is 7.80. The number of methoxy groups -OCH3 is 1. The fourth-order valence-corrected chi connectivity index (χ4v) is 2.27. The smallest absolute Gasteiger partial charge is 0.140 e. The van der Waals surface area contributed by atoms with Crippen LogP contribution in [-0.4, -0.2) is 17.1 Å². The zero-order chi connectivity index (χ0) is 14.5. The molecule has 0 unspecified atom stereocenters. The quantitative estimate of drug-likeness (QED) is 0.828. The third-order valence-electron chi connectivity index (χ3n) is 2.98. The van der Waals surface area contributed by atoms with Gasteiger partial charge in [0.25, 0.3) is 0 Å². The second-order valence-electron chi connectivity index (χ2n) is 4.43. The molecule has 0 fully saturated rings. The SMILES string of the molecule is COCc1ccccc1Nc1nccc(C)c1C(N)=S. The molecule has 4 nitrogen and oxygen atoms in total. The van der Waals surface area contributed by atoms with Crippen LogP contribution in [0.4, 0.5) is 11.5 Å². The van der Waals surface area contributed by atoms with Crippen molar-refractivity contribution in [3.05, 3.63) is 53.2 Å². The molecule has 0 amide bonds. The lowest BCUT2D eigenvalue weighted by atomic mass is 10.1. The highest BCUT2D eigenvalue weighted by Gasteiger charge is 2.11. The molecule has 0 radical (unpaired) electrons. The molecule has 1 aromatic carbocycles. The molecule has 2 rings (SSSR count). The molecular formula is C15H17N3OS. The second-order valence-corrected chi connectivity index (χ2v) is 4.87. The van der Waals surface area contributed by atoms with Gasteiger partial charge in [-0.25, -0.2) is 4.98 Å². The lowest BCUT2D eigenvalue weighted by Crippen LogP contribution is -2.15. The first kappa shape index (κ1) is 14.4. The number of benzene rings is 1. The zero-order valence-electron chi connectivity index (χ0n) is 11.5. The van der Waals surface area contributed by atoms with E-state index >= 15 is 0 Å². The van der Waals surface area contributed by atoms with E-state index in [0.29, 0.717) is 17.4 Å². The molecule has 0 atom stereocenters. The number of nitrogens with zero attached hydrogens (tertiary/aromatic N) is 1. The maximum Gasteiger partial charge on any atom is 0.140 e. The highest BCUT2D eigenvalue weighted by atomic mass is 32.1. The van der Waals surface area contributed by atoms with Gasteiger partial charge in [0.2, 0.25) is 0 Å². The summed E-state index contributed by atoms with van der Waals surface area (Å²) in [7, 11) is 1.67. The van der Waals surface area contributed by atoms with Crippen LogP contribution < -0.4 is 11.1 Å². The van der Waals surface area contributed by atoms with Gasteiger partial charge in [0.1, 0.15) is 10.8 Å². The lowest BCUT2D eigenvalue weighted by Gasteiger charge is -2.14. The maximum absolute atomic E-state index is 5.79. The van der Waals surface area contributed by atoms with Gasteiger partial charge >= 0.3 is 0 Å². The van der Waals surface area contributed by atoms with Crippen LogP contribution in [-0.2, 0) is 11.3 Å². The summed E-state index contributed by atoms with van der Waals surface area (Å²) in [5.74, 6) is 0.668. The standard InChI is InChI=1S/C15H17N3OS/c1-10-7-8-17-15(13(10)14(16)20)18-12-6-4-3-5-11(12)9-19-2/h3-8H,9H2,1-2H3,(H2,16,20)(H,17,18). The molecule has 0 bridgehead atoms. The van der Waals surface area contributed by atoms with E-state index in [-0.39, 0.29) is 0 Å². The molecular weight excluding hydrogens is 270 g/mol. The first-order valence-corrected chi connectivity index (χ1v) is 6.63. The topological polar surface area (TPSA) is 60.2 Å². The summed E-state index contributed by atoms with van der Waals surface area (Å²) in [6, 6.07) is 9.79. The van der Waals surface area contributed by atoms with Gasteiger partial charge in [-0.2, -0.15) is 0 Å². The van der Waals surface area contributed by atoms with Gasteiger partial charge in [-0.05, 0) is 24.6 Å². The molecule has 2 aromatic rings. The van der Waals surface area contributed by atoms with Crippen molar-refractivity contribution in [2.75, 3.05) is 12.4 Å². The monoisotopic (exact) mass is 287 g/mol. The molecule has 0 aliphatic heterocycles. The summed E-state index contributed by atoms with van der Waals surface area (Å²) in [6.07, 6.45) is 1.73. The van der Waals surface area contributed by atoms with Crippen LogP contribution in [0, 0.1) is 6.92 Å². The number of para-hydroxylation sites is 1. The number of pyridine rings is 1. The van der Waals surface area contributed by atoms with Crippen molar-refractivity contribution in [3.8, 4) is 0 Å². The fourth-order valence-electron chi connectivity index (χ4n) is 2.02. The largest absolute Gasteiger partial charge is 0.389 e. The van der Waals surface area contributed by atoms with Gasteiger partial charge in [0.05, 0.1) is 12.2 Å². The number of hydrogen-bond acceptors (Lipinski definition) is 4. The molecule has 20 heavy (non-hydrogen) atoms. The molecule has 104 valence electrons. The summed E-state index contributed by atoms with van der Waals surface area (Å²) in [5.41, 5.74) is 9.55. The predicted molar refractivity (Wildman–Crippen MR) is 85.3 cm³/mol. The van der Waals surface area contributed by atoms with E-state index in [9.17, 15) is 0 Å². The number of hydrogen-bond donors (Lipinski definition) is 2. The number of nitrogens with two attached hydrogens (primary N) is 1. The molecule has 1 heterocycles. The van der Waals surface area contributed by atoms with Gasteiger partial charge < -0.3 is 15.8 Å². The maximum atomic E-state index is 5.79. The van der Waals surface area contributed by atoms with Gasteiger partial charge in [0, 0.05) is 24.6 Å². The first-order chi connectivity index (χ1) is 9.63. The highest BCUT2D eigenvalue weighted by Crippen LogP contribution is 2.24. The Labute approximate surface area is 124 Å². The Balaban J connectivity index is 2.40. The van der Waals surface area contributed by atoms with E-state index in [2.05, 4.69) is 10.3 Å². The number of anilines is 2. The van der Waals surface area contributed by atoms with E-state index < -0.39 is 0 Å².